The average Bonchev–Trinajstić information content (AvgIpc) is 0.828. The standard InChI is InChI=1S/C68H115IN12O12/c1-17-19-29-48-62(88)79(16)68(9,10)67(93)72-50(34-41(3)4)61(87)77(14)54(65(91)80-31-21-20-22-32-80)39-56(83)76(13)52(35-42(5)6)59(85)73-57(43(7)18-2)66(92)75(12)44(8)60(86)81-33-30-51(81)64(90)78(15)53(38-45-25-23-26-45)63(89)74(11)40-55(82)70-49(58(84)71-48)37-46-27-24-28-47(69)36-46/h41-54,57H,17-40H2,1-16H3,(H,70,82)(H,71,84)(H,72,93)(H,73,85)/t43-,44-,46?,47?,48-,49-,50-,51-,52-,53-,54-,57-/m0/s1. The number of piperidine rings is 1. The van der Waals surface area contributed by atoms with Crippen LogP contribution < -0.4 is 21.3 Å². The highest BCUT2D eigenvalue weighted by atomic mass is 127. The summed E-state index contributed by atoms with van der Waals surface area (Å²) in [6.07, 6.45) is 11.0. The van der Waals surface area contributed by atoms with Gasteiger partial charge in [-0.05, 0) is 121 Å². The first-order chi connectivity index (χ1) is 43.7. The van der Waals surface area contributed by atoms with E-state index in [1.54, 1.807) is 18.7 Å². The zero-order chi connectivity index (χ0) is 69.5. The molecule has 0 spiro atoms. The van der Waals surface area contributed by atoms with Crippen LogP contribution in [0.25, 0.3) is 0 Å². The number of nitrogens with one attached hydrogen (secondary N) is 4. The lowest BCUT2D eigenvalue weighted by Gasteiger charge is -2.45. The van der Waals surface area contributed by atoms with Crippen molar-refractivity contribution in [3.63, 3.8) is 0 Å². The minimum Gasteiger partial charge on any atom is -0.343 e. The van der Waals surface area contributed by atoms with Gasteiger partial charge in [-0.3, -0.25) is 57.5 Å². The van der Waals surface area contributed by atoms with Crippen LogP contribution in [0.5, 0.6) is 0 Å². The number of likely N-dealkylation sites (tertiary alicyclic amines) is 1. The number of hydrogen-bond acceptors (Lipinski definition) is 12. The third-order valence-electron chi connectivity index (χ3n) is 20.7. The van der Waals surface area contributed by atoms with E-state index in [1.807, 2.05) is 41.5 Å². The van der Waals surface area contributed by atoms with Crippen molar-refractivity contribution in [2.75, 3.05) is 68.5 Å². The molecule has 12 atom stereocenters. The van der Waals surface area contributed by atoms with Crippen LogP contribution in [0.3, 0.4) is 0 Å². The van der Waals surface area contributed by atoms with Crippen molar-refractivity contribution in [2.24, 2.45) is 29.6 Å². The van der Waals surface area contributed by atoms with Crippen LogP contribution >= 0.6 is 22.6 Å². The summed E-state index contributed by atoms with van der Waals surface area (Å²) in [5, 5.41) is 11.8. The number of hydrogen-bond donors (Lipinski definition) is 4. The second-order valence-electron chi connectivity index (χ2n) is 29.0. The van der Waals surface area contributed by atoms with Gasteiger partial charge in [0.05, 0.1) is 13.0 Å². The first-order valence-corrected chi connectivity index (χ1v) is 35.9. The SMILES string of the molecule is CCCC[C@@H]1NC(=O)[C@H](CC2CCCC(I)C2)NC(=O)CN(C)C(=O)[C@H](CC2CCC2)N(C)C(=O)[C@@H]2CCN2C(=O)[C@H](C)N(C)C(=O)[C@H]([C@@H](C)CC)NC(=O)[C@H](CC(C)C)N(C)C(=O)C[C@@H](C(=O)N2CCCCC2)N(C)C(=O)[C@H](CC(C)C)NC(=O)C(C)(C)N(C)C1=O. The maximum Gasteiger partial charge on any atom is 0.246 e. The van der Waals surface area contributed by atoms with Gasteiger partial charge in [0.1, 0.15) is 59.9 Å². The zero-order valence-corrected chi connectivity index (χ0v) is 61.1. The number of alkyl halides is 1. The quantitative estimate of drug-likeness (QED) is 0.134. The number of nitrogens with zero attached hydrogens (tertiary/aromatic N) is 8. The van der Waals surface area contributed by atoms with E-state index in [2.05, 4.69) is 43.9 Å². The maximum atomic E-state index is 15.2. The molecule has 25 heteroatoms. The Balaban J connectivity index is 1.60. The molecule has 0 bridgehead atoms. The lowest BCUT2D eigenvalue weighted by atomic mass is 9.80. The second kappa shape index (κ2) is 35.4. The molecule has 0 aromatic carbocycles. The summed E-state index contributed by atoms with van der Waals surface area (Å²) in [6.45, 7) is 18.3. The van der Waals surface area contributed by atoms with Crippen molar-refractivity contribution < 1.29 is 57.5 Å². The summed E-state index contributed by atoms with van der Waals surface area (Å²) >= 11 is 2.41. The van der Waals surface area contributed by atoms with E-state index in [4.69, 9.17) is 0 Å². The van der Waals surface area contributed by atoms with Crippen molar-refractivity contribution in [1.82, 2.24) is 60.5 Å². The summed E-state index contributed by atoms with van der Waals surface area (Å²) in [4.78, 5) is 188. The fraction of sp³-hybridized carbons (Fsp3) is 0.824. The number of rotatable bonds is 14. The Morgan fingerprint density at radius 3 is 1.77 bits per heavy atom. The van der Waals surface area contributed by atoms with Gasteiger partial charge in [-0.1, -0.05) is 122 Å². The van der Waals surface area contributed by atoms with Crippen molar-refractivity contribution in [1.29, 1.82) is 0 Å². The van der Waals surface area contributed by atoms with Crippen LogP contribution in [0, 0.1) is 29.6 Å². The molecule has 0 aromatic heterocycles. The number of carbonyl (C=O) groups is 12. The topological polar surface area (TPSA) is 279 Å². The van der Waals surface area contributed by atoms with Gasteiger partial charge in [0.25, 0.3) is 0 Å². The summed E-state index contributed by atoms with van der Waals surface area (Å²) in [5.74, 6) is -7.58. The minimum atomic E-state index is -1.65. The van der Waals surface area contributed by atoms with Crippen molar-refractivity contribution in [2.45, 2.75) is 261 Å². The lowest BCUT2D eigenvalue weighted by molar-refractivity contribution is -0.160. The molecular formula is C68H115IN12O12. The normalized spacial score (nSPS) is 29.8. The Morgan fingerprint density at radius 2 is 1.22 bits per heavy atom. The van der Waals surface area contributed by atoms with Gasteiger partial charge in [-0.2, -0.15) is 0 Å². The van der Waals surface area contributed by atoms with E-state index >= 15 is 4.79 Å². The number of amides is 12. The van der Waals surface area contributed by atoms with Crippen molar-refractivity contribution >= 4 is 93.5 Å². The molecular weight excluding hydrogens is 1300 g/mol. The van der Waals surface area contributed by atoms with Crippen LogP contribution in [-0.4, -0.2) is 242 Å². The molecule has 5 rings (SSSR count). The molecule has 93 heavy (non-hydrogen) atoms. The van der Waals surface area contributed by atoms with Gasteiger partial charge in [0, 0.05) is 65.8 Å². The first-order valence-electron chi connectivity index (χ1n) is 34.7. The highest BCUT2D eigenvalue weighted by Crippen LogP contribution is 2.35. The summed E-state index contributed by atoms with van der Waals surface area (Å²) in [7, 11) is 8.82. The lowest BCUT2D eigenvalue weighted by Crippen LogP contribution is -2.65. The molecule has 4 N–H and O–H groups in total. The molecule has 24 nitrogen and oxygen atoms in total. The number of carbonyl (C=O) groups excluding carboxylic acids is 12. The molecule has 526 valence electrons. The summed E-state index contributed by atoms with van der Waals surface area (Å²) < 4.78 is 0.354. The molecule has 12 amide bonds. The third kappa shape index (κ3) is 20.5. The Labute approximate surface area is 568 Å². The molecule has 0 radical (unpaired) electrons. The van der Waals surface area contributed by atoms with Crippen LogP contribution in [-0.2, 0) is 57.5 Å². The van der Waals surface area contributed by atoms with Gasteiger partial charge in [-0.25, -0.2) is 0 Å². The van der Waals surface area contributed by atoms with E-state index < -0.39 is 150 Å². The Bertz CT molecular complexity index is 2650. The fourth-order valence-corrected chi connectivity index (χ4v) is 14.6. The van der Waals surface area contributed by atoms with Crippen molar-refractivity contribution in [3.8, 4) is 0 Å². The fourth-order valence-electron chi connectivity index (χ4n) is 13.4. The number of unbranched alkanes of at least 4 members (excludes halogenated alkanes) is 1. The van der Waals surface area contributed by atoms with Gasteiger partial charge in [-0.15, -0.1) is 0 Å². The third-order valence-corrected chi connectivity index (χ3v) is 21.9. The Kier molecular flexibility index (Phi) is 29.7. The van der Waals surface area contributed by atoms with E-state index in [0.29, 0.717) is 62.0 Å². The summed E-state index contributed by atoms with van der Waals surface area (Å²) in [5.41, 5.74) is -1.65. The van der Waals surface area contributed by atoms with E-state index in [-0.39, 0.29) is 55.9 Å². The molecule has 2 unspecified atom stereocenters. The van der Waals surface area contributed by atoms with Crippen molar-refractivity contribution in [3.05, 3.63) is 0 Å². The van der Waals surface area contributed by atoms with Gasteiger partial charge in [0.15, 0.2) is 0 Å². The highest BCUT2D eigenvalue weighted by Gasteiger charge is 2.48. The van der Waals surface area contributed by atoms with Gasteiger partial charge < -0.3 is 60.5 Å². The van der Waals surface area contributed by atoms with Gasteiger partial charge >= 0.3 is 0 Å². The highest BCUT2D eigenvalue weighted by molar-refractivity contribution is 14.1. The molecule has 3 saturated heterocycles. The van der Waals surface area contributed by atoms with Crippen LogP contribution in [0.4, 0.5) is 0 Å². The maximum absolute atomic E-state index is 15.2. The predicted molar refractivity (Wildman–Crippen MR) is 364 cm³/mol. The molecule has 2 saturated carbocycles. The first kappa shape index (κ1) is 78.1. The summed E-state index contributed by atoms with van der Waals surface area (Å²) in [6, 6.07) is -10.3. The predicted octanol–water partition coefficient (Wildman–Crippen LogP) is 4.87. The molecule has 2 aliphatic carbocycles. The zero-order valence-electron chi connectivity index (χ0n) is 59.0. The van der Waals surface area contributed by atoms with E-state index in [1.165, 1.54) is 90.4 Å². The largest absolute Gasteiger partial charge is 0.343 e. The molecule has 5 aliphatic rings. The minimum absolute atomic E-state index is 0.0531. The molecule has 3 aliphatic heterocycles. The van der Waals surface area contributed by atoms with Crippen LogP contribution in [0.15, 0.2) is 0 Å². The van der Waals surface area contributed by atoms with Gasteiger partial charge in [0.2, 0.25) is 70.9 Å². The Morgan fingerprint density at radius 1 is 0.591 bits per heavy atom. The smallest absolute Gasteiger partial charge is 0.246 e. The average molecular weight is 1420 g/mol. The second-order valence-corrected chi connectivity index (χ2v) is 30.8. The van der Waals surface area contributed by atoms with E-state index in [0.717, 1.165) is 51.4 Å². The van der Waals surface area contributed by atoms with Crippen LogP contribution in [0.1, 0.15) is 198 Å². The number of fused-ring (bicyclic) bond motifs is 1. The molecule has 5 fully saturated rings. The molecule has 3 heterocycles. The number of halogens is 1. The van der Waals surface area contributed by atoms with E-state index in [9.17, 15) is 52.7 Å². The monoisotopic (exact) mass is 1420 g/mol. The van der Waals surface area contributed by atoms with Crippen LogP contribution in [0.2, 0.25) is 0 Å². The number of likely N-dealkylation sites (N-methyl/N-ethyl adjacent to an activating group) is 6. The Hall–Kier alpha value is -5.63. The molecule has 0 aromatic rings.